The molecule has 4 N–H and O–H groups in total. The minimum absolute atomic E-state index is 0.0655. The fourth-order valence-corrected chi connectivity index (χ4v) is 3.68. The van der Waals surface area contributed by atoms with Crippen molar-refractivity contribution in [1.82, 2.24) is 20.9 Å². The topological polar surface area (TPSA) is 109 Å². The number of benzene rings is 1. The monoisotopic (exact) mass is 454 g/mol. The Morgan fingerprint density at radius 2 is 2.03 bits per heavy atom. The lowest BCUT2D eigenvalue weighted by molar-refractivity contribution is -0.137. The maximum absolute atomic E-state index is 12.7. The van der Waals surface area contributed by atoms with Gasteiger partial charge in [0.25, 0.3) is 0 Å². The number of hydrazine groups is 1. The lowest BCUT2D eigenvalue weighted by Gasteiger charge is -2.14. The molecule has 2 rings (SSSR count). The Morgan fingerprint density at radius 3 is 2.69 bits per heavy atom. The molecule has 162 valence electrons. The Bertz CT molecular complexity index is 828. The van der Waals surface area contributed by atoms with Crippen molar-refractivity contribution < 1.29 is 31.1 Å². The average molecular weight is 454 g/mol. The molecule has 0 radical (unpaired) electrons. The fourth-order valence-electron chi connectivity index (χ4n) is 2.47. The Hall–Kier alpha value is -1.96. The summed E-state index contributed by atoms with van der Waals surface area (Å²) in [6.07, 6.45) is -2.93. The molecule has 1 aromatic carbocycles. The van der Waals surface area contributed by atoms with Gasteiger partial charge in [-0.3, -0.25) is 15.6 Å². The van der Waals surface area contributed by atoms with Crippen LogP contribution >= 0.6 is 12.2 Å². The van der Waals surface area contributed by atoms with Crippen molar-refractivity contribution in [2.24, 2.45) is 0 Å². The van der Waals surface area contributed by atoms with Crippen LogP contribution in [0.5, 0.6) is 0 Å². The number of amides is 1. The lowest BCUT2D eigenvalue weighted by atomic mass is 10.2. The molecule has 0 spiro atoms. The molecule has 0 bridgehead atoms. The van der Waals surface area contributed by atoms with Crippen molar-refractivity contribution in [3.63, 3.8) is 0 Å². The van der Waals surface area contributed by atoms with E-state index in [1.165, 1.54) is 0 Å². The molecular formula is C16H21F3N4O4S2. The van der Waals surface area contributed by atoms with Crippen molar-refractivity contribution in [2.75, 3.05) is 19.7 Å². The van der Waals surface area contributed by atoms with E-state index in [2.05, 4.69) is 20.9 Å². The van der Waals surface area contributed by atoms with Gasteiger partial charge in [0.2, 0.25) is 15.9 Å². The van der Waals surface area contributed by atoms with E-state index in [1.807, 2.05) is 0 Å². The SMILES string of the molecule is O=C(CCNS(=O)(=O)c1cccc(C(F)(F)F)c1)NNC(=S)NC[C@@H]1CCCO1. The zero-order valence-corrected chi connectivity index (χ0v) is 16.8. The van der Waals surface area contributed by atoms with Crippen molar-refractivity contribution >= 4 is 33.3 Å². The summed E-state index contributed by atoms with van der Waals surface area (Å²) in [6.45, 7) is 0.903. The zero-order chi connectivity index (χ0) is 21.5. The van der Waals surface area contributed by atoms with Crippen molar-refractivity contribution in [3.8, 4) is 0 Å². The number of nitrogens with one attached hydrogen (secondary N) is 4. The van der Waals surface area contributed by atoms with Crippen molar-refractivity contribution in [1.29, 1.82) is 0 Å². The molecule has 1 aliphatic heterocycles. The summed E-state index contributed by atoms with van der Waals surface area (Å²) in [5, 5.41) is 3.06. The van der Waals surface area contributed by atoms with E-state index in [-0.39, 0.29) is 24.2 Å². The van der Waals surface area contributed by atoms with E-state index in [0.717, 1.165) is 31.0 Å². The first kappa shape index (κ1) is 23.3. The largest absolute Gasteiger partial charge is 0.416 e. The highest BCUT2D eigenvalue weighted by Gasteiger charge is 2.31. The molecule has 0 aromatic heterocycles. The van der Waals surface area contributed by atoms with E-state index in [0.29, 0.717) is 19.2 Å². The molecular weight excluding hydrogens is 433 g/mol. The van der Waals surface area contributed by atoms with Crippen molar-refractivity contribution in [3.05, 3.63) is 29.8 Å². The molecule has 0 unspecified atom stereocenters. The van der Waals surface area contributed by atoms with E-state index in [9.17, 15) is 26.4 Å². The van der Waals surface area contributed by atoms with Gasteiger partial charge in [-0.15, -0.1) is 0 Å². The molecule has 8 nitrogen and oxygen atoms in total. The number of thiocarbonyl (C=S) groups is 1. The third-order valence-electron chi connectivity index (χ3n) is 3.95. The molecule has 1 amide bonds. The molecule has 1 aliphatic rings. The Kier molecular flexibility index (Phi) is 8.19. The maximum Gasteiger partial charge on any atom is 0.416 e. The van der Waals surface area contributed by atoms with Gasteiger partial charge >= 0.3 is 6.18 Å². The summed E-state index contributed by atoms with van der Waals surface area (Å²) >= 11 is 4.99. The zero-order valence-electron chi connectivity index (χ0n) is 15.2. The van der Waals surface area contributed by atoms with E-state index in [1.54, 1.807) is 0 Å². The van der Waals surface area contributed by atoms with Crippen LogP contribution in [0.15, 0.2) is 29.2 Å². The molecule has 1 heterocycles. The quantitative estimate of drug-likeness (QED) is 0.360. The van der Waals surface area contributed by atoms with Crippen LogP contribution in [0.3, 0.4) is 0 Å². The van der Waals surface area contributed by atoms with Gasteiger partial charge < -0.3 is 10.1 Å². The normalized spacial score (nSPS) is 17.0. The molecule has 1 fully saturated rings. The second-order valence-corrected chi connectivity index (χ2v) is 8.37. The molecule has 1 atom stereocenters. The maximum atomic E-state index is 12.7. The second kappa shape index (κ2) is 10.2. The number of sulfonamides is 1. The van der Waals surface area contributed by atoms with E-state index < -0.39 is 32.6 Å². The van der Waals surface area contributed by atoms with Crippen LogP contribution in [0.25, 0.3) is 0 Å². The Labute approximate surface area is 171 Å². The van der Waals surface area contributed by atoms with Crippen LogP contribution in [0.1, 0.15) is 24.8 Å². The van der Waals surface area contributed by atoms with Gasteiger partial charge in [0, 0.05) is 26.1 Å². The number of ether oxygens (including phenoxy) is 1. The molecule has 0 saturated carbocycles. The summed E-state index contributed by atoms with van der Waals surface area (Å²) in [5.41, 5.74) is 3.69. The fraction of sp³-hybridized carbons (Fsp3) is 0.500. The van der Waals surface area contributed by atoms with Crippen LogP contribution in [-0.4, -0.2) is 45.2 Å². The molecule has 1 saturated heterocycles. The third kappa shape index (κ3) is 7.76. The molecule has 13 heteroatoms. The number of halogens is 3. The Balaban J connectivity index is 1.72. The van der Waals surface area contributed by atoms with Gasteiger partial charge in [-0.05, 0) is 43.3 Å². The van der Waals surface area contributed by atoms with E-state index in [4.69, 9.17) is 17.0 Å². The predicted molar refractivity (Wildman–Crippen MR) is 102 cm³/mol. The first-order valence-corrected chi connectivity index (χ1v) is 10.6. The second-order valence-electron chi connectivity index (χ2n) is 6.19. The number of carbonyl (C=O) groups is 1. The minimum atomic E-state index is -4.66. The standard InChI is InChI=1S/C16H21F3N4O4S2/c17-16(18,19)11-3-1-5-13(9-11)29(25,26)21-7-6-14(24)22-23-15(28)20-10-12-4-2-8-27-12/h1,3,5,9,12,21H,2,4,6-8,10H2,(H,22,24)(H2,20,23,28)/t12-/m0/s1. The predicted octanol–water partition coefficient (Wildman–Crippen LogP) is 1.05. The molecule has 0 aliphatic carbocycles. The minimum Gasteiger partial charge on any atom is -0.376 e. The first-order chi connectivity index (χ1) is 13.6. The summed E-state index contributed by atoms with van der Waals surface area (Å²) in [5.74, 6) is -0.557. The van der Waals surface area contributed by atoms with Gasteiger partial charge in [-0.2, -0.15) is 13.2 Å². The summed E-state index contributed by atoms with van der Waals surface area (Å²) in [6, 6.07) is 3.34. The van der Waals surface area contributed by atoms with Gasteiger partial charge in [-0.1, -0.05) is 6.07 Å². The third-order valence-corrected chi connectivity index (χ3v) is 5.65. The number of alkyl halides is 3. The summed E-state index contributed by atoms with van der Waals surface area (Å²) in [7, 11) is -4.19. The summed E-state index contributed by atoms with van der Waals surface area (Å²) < 4.78 is 69.8. The van der Waals surface area contributed by atoms with Crippen LogP contribution < -0.4 is 20.9 Å². The van der Waals surface area contributed by atoms with Crippen molar-refractivity contribution in [2.45, 2.75) is 36.4 Å². The van der Waals surface area contributed by atoms with E-state index >= 15 is 0 Å². The van der Waals surface area contributed by atoms with Crippen LogP contribution in [-0.2, 0) is 25.7 Å². The number of hydrogen-bond donors (Lipinski definition) is 4. The Morgan fingerprint density at radius 1 is 1.28 bits per heavy atom. The molecule has 1 aromatic rings. The highest BCUT2D eigenvalue weighted by molar-refractivity contribution is 7.89. The number of rotatable bonds is 7. The van der Waals surface area contributed by atoms with Gasteiger partial charge in [0.1, 0.15) is 0 Å². The van der Waals surface area contributed by atoms with Gasteiger partial charge in [0.15, 0.2) is 5.11 Å². The summed E-state index contributed by atoms with van der Waals surface area (Å²) in [4.78, 5) is 11.2. The van der Waals surface area contributed by atoms with Crippen LogP contribution in [0.4, 0.5) is 13.2 Å². The van der Waals surface area contributed by atoms with Crippen LogP contribution in [0, 0.1) is 0 Å². The van der Waals surface area contributed by atoms with Crippen LogP contribution in [0.2, 0.25) is 0 Å². The van der Waals surface area contributed by atoms with Gasteiger partial charge in [-0.25, -0.2) is 13.1 Å². The highest BCUT2D eigenvalue weighted by atomic mass is 32.2. The highest BCUT2D eigenvalue weighted by Crippen LogP contribution is 2.30. The number of carbonyl (C=O) groups excluding carboxylic acids is 1. The molecule has 29 heavy (non-hydrogen) atoms. The first-order valence-electron chi connectivity index (χ1n) is 8.69. The number of hydrogen-bond acceptors (Lipinski definition) is 5. The van der Waals surface area contributed by atoms with Gasteiger partial charge in [0.05, 0.1) is 16.6 Å². The lowest BCUT2D eigenvalue weighted by Crippen LogP contribution is -2.48. The smallest absolute Gasteiger partial charge is 0.376 e. The average Bonchev–Trinajstić information content (AvgIpc) is 3.17.